The van der Waals surface area contributed by atoms with Crippen LogP contribution in [0.15, 0.2) is 12.2 Å². The van der Waals surface area contributed by atoms with Gasteiger partial charge in [-0.3, -0.25) is 14.7 Å². The van der Waals surface area contributed by atoms with Crippen molar-refractivity contribution in [2.45, 2.75) is 25.7 Å². The molecule has 0 aliphatic carbocycles. The van der Waals surface area contributed by atoms with Gasteiger partial charge in [0.1, 0.15) is 6.67 Å². The molecule has 2 radical (unpaired) electrons. The third-order valence-electron chi connectivity index (χ3n) is 5.42. The van der Waals surface area contributed by atoms with Crippen LogP contribution in [0.3, 0.4) is 0 Å². The summed E-state index contributed by atoms with van der Waals surface area (Å²) >= 11 is 0. The molecule has 2 fully saturated rings. The quantitative estimate of drug-likeness (QED) is 0.662. The fourth-order valence-corrected chi connectivity index (χ4v) is 3.79. The largest absolute Gasteiger partial charge is 0.303 e. The molecule has 5 heteroatoms. The Labute approximate surface area is 147 Å². The van der Waals surface area contributed by atoms with E-state index in [4.69, 9.17) is 5.26 Å². The third-order valence-corrected chi connectivity index (χ3v) is 5.42. The van der Waals surface area contributed by atoms with Crippen LogP contribution >= 0.6 is 0 Å². The van der Waals surface area contributed by atoms with Gasteiger partial charge in [0.15, 0.2) is 0 Å². The molecule has 0 atom stereocenters. The van der Waals surface area contributed by atoms with Crippen molar-refractivity contribution >= 4 is 0 Å². The Morgan fingerprint density at radius 1 is 0.875 bits per heavy atom. The summed E-state index contributed by atoms with van der Waals surface area (Å²) in [4.78, 5) is 9.76. The molecule has 2 saturated heterocycles. The van der Waals surface area contributed by atoms with E-state index in [0.717, 1.165) is 71.7 Å². The van der Waals surface area contributed by atoms with Gasteiger partial charge in [-0.05, 0) is 45.3 Å². The summed E-state index contributed by atoms with van der Waals surface area (Å²) in [5, 5.41) is 8.95. The second-order valence-corrected chi connectivity index (χ2v) is 7.23. The van der Waals surface area contributed by atoms with Crippen molar-refractivity contribution in [2.24, 2.45) is 5.92 Å². The summed E-state index contributed by atoms with van der Waals surface area (Å²) in [6, 6.07) is 2.41. The molecule has 0 bridgehead atoms. The number of piperidine rings is 1. The first-order valence-corrected chi connectivity index (χ1v) is 9.59. The molecule has 0 aromatic heterocycles. The lowest BCUT2D eigenvalue weighted by Crippen LogP contribution is -2.36. The number of likely N-dealkylation sites (tertiary alicyclic amines) is 1. The Morgan fingerprint density at radius 3 is 2.38 bits per heavy atom. The lowest BCUT2D eigenvalue weighted by Gasteiger charge is -2.29. The minimum Gasteiger partial charge on any atom is -0.303 e. The van der Waals surface area contributed by atoms with Crippen molar-refractivity contribution in [3.05, 3.63) is 18.8 Å². The number of hydrogen-bond donors (Lipinski definition) is 0. The zero-order valence-corrected chi connectivity index (χ0v) is 14.9. The van der Waals surface area contributed by atoms with Gasteiger partial charge in [0.25, 0.3) is 0 Å². The van der Waals surface area contributed by atoms with E-state index in [1.54, 1.807) is 0 Å². The van der Waals surface area contributed by atoms with Gasteiger partial charge < -0.3 is 4.90 Å². The Hall–Kier alpha value is -0.930. The minimum absolute atomic E-state index is 0.297. The zero-order chi connectivity index (χ0) is 16.6. The first kappa shape index (κ1) is 17.9. The van der Waals surface area contributed by atoms with Crippen LogP contribution in [0, 0.1) is 23.9 Å². The monoisotopic (exact) mass is 329 g/mol. The van der Waals surface area contributed by atoms with Crippen LogP contribution in [0.2, 0.25) is 0 Å². The molecule has 3 aliphatic heterocycles. The summed E-state index contributed by atoms with van der Waals surface area (Å²) in [6.07, 6.45) is 9.08. The van der Waals surface area contributed by atoms with E-state index in [2.05, 4.69) is 44.5 Å². The molecule has 0 aromatic rings. The average molecular weight is 329 g/mol. The zero-order valence-electron chi connectivity index (χ0n) is 14.9. The first-order valence-electron chi connectivity index (χ1n) is 9.59. The second-order valence-electron chi connectivity index (χ2n) is 7.23. The first-order chi connectivity index (χ1) is 11.8. The molecule has 0 saturated carbocycles. The minimum atomic E-state index is 0.297. The molecule has 3 rings (SSSR count). The van der Waals surface area contributed by atoms with Gasteiger partial charge in [0.2, 0.25) is 0 Å². The van der Waals surface area contributed by atoms with E-state index in [1.165, 1.54) is 19.4 Å². The number of nitrogens with zero attached hydrogens (tertiary/aromatic N) is 5. The van der Waals surface area contributed by atoms with Crippen LogP contribution in [0.1, 0.15) is 25.7 Å². The van der Waals surface area contributed by atoms with E-state index in [-0.39, 0.29) is 0 Å². The third kappa shape index (κ3) is 5.56. The Kier molecular flexibility index (Phi) is 7.10. The molecule has 24 heavy (non-hydrogen) atoms. The van der Waals surface area contributed by atoms with Gasteiger partial charge in [-0.25, -0.2) is 0 Å². The Balaban J connectivity index is 1.24. The fourth-order valence-electron chi connectivity index (χ4n) is 3.79. The highest BCUT2D eigenvalue weighted by Gasteiger charge is 2.22. The molecular weight excluding hydrogens is 298 g/mol. The topological polar surface area (TPSA) is 36.8 Å². The van der Waals surface area contributed by atoms with E-state index in [1.807, 2.05) is 0 Å². The predicted molar refractivity (Wildman–Crippen MR) is 96.0 cm³/mol. The van der Waals surface area contributed by atoms with Gasteiger partial charge in [-0.1, -0.05) is 12.2 Å². The van der Waals surface area contributed by atoms with Crippen LogP contribution in [0.5, 0.6) is 0 Å². The summed E-state index contributed by atoms with van der Waals surface area (Å²) in [6.45, 7) is 14.8. The van der Waals surface area contributed by atoms with Gasteiger partial charge in [0.05, 0.1) is 6.07 Å². The summed E-state index contributed by atoms with van der Waals surface area (Å²) in [5.41, 5.74) is 0. The van der Waals surface area contributed by atoms with Crippen LogP contribution in [-0.4, -0.2) is 85.0 Å². The molecular formula is C19H31N5. The van der Waals surface area contributed by atoms with Crippen LogP contribution in [0.4, 0.5) is 0 Å². The van der Waals surface area contributed by atoms with Crippen molar-refractivity contribution in [2.75, 3.05) is 65.4 Å². The van der Waals surface area contributed by atoms with Gasteiger partial charge >= 0.3 is 0 Å². The van der Waals surface area contributed by atoms with Gasteiger partial charge in [-0.15, -0.1) is 0 Å². The molecule has 0 aromatic carbocycles. The maximum atomic E-state index is 8.95. The van der Waals surface area contributed by atoms with Crippen LogP contribution in [0.25, 0.3) is 0 Å². The Morgan fingerprint density at radius 2 is 1.67 bits per heavy atom. The molecule has 0 N–H and O–H groups in total. The predicted octanol–water partition coefficient (Wildman–Crippen LogP) is 1.49. The van der Waals surface area contributed by atoms with Crippen molar-refractivity contribution in [3.8, 4) is 6.07 Å². The molecule has 0 amide bonds. The van der Waals surface area contributed by atoms with E-state index in [0.29, 0.717) is 5.92 Å². The van der Waals surface area contributed by atoms with E-state index >= 15 is 0 Å². The maximum absolute atomic E-state index is 8.95. The second kappa shape index (κ2) is 9.53. The Bertz CT molecular complexity index is 436. The highest BCUT2D eigenvalue weighted by atomic mass is 15.4. The fraction of sp³-hybridized carbons (Fsp3) is 0.789. The molecule has 132 valence electrons. The van der Waals surface area contributed by atoms with Crippen molar-refractivity contribution in [1.29, 1.82) is 5.26 Å². The maximum Gasteiger partial charge on any atom is 0.146 e. The number of nitriles is 1. The summed E-state index contributed by atoms with van der Waals surface area (Å²) < 4.78 is 0. The lowest BCUT2D eigenvalue weighted by atomic mass is 9.98. The van der Waals surface area contributed by atoms with E-state index in [9.17, 15) is 0 Å². The molecule has 3 aliphatic rings. The SMILES string of the molecule is N#CC1CCN(CCCN2[C]N(CCN3CC=CCC3)CC2)CC1. The van der Waals surface area contributed by atoms with Crippen molar-refractivity contribution < 1.29 is 0 Å². The van der Waals surface area contributed by atoms with Crippen LogP contribution < -0.4 is 0 Å². The van der Waals surface area contributed by atoms with Gasteiger partial charge in [0, 0.05) is 51.7 Å². The molecule has 0 unspecified atom stereocenters. The molecule has 3 heterocycles. The number of rotatable bonds is 7. The van der Waals surface area contributed by atoms with Crippen molar-refractivity contribution in [3.63, 3.8) is 0 Å². The summed E-state index contributed by atoms with van der Waals surface area (Å²) in [7, 11) is 0. The van der Waals surface area contributed by atoms with Crippen molar-refractivity contribution in [1.82, 2.24) is 19.6 Å². The standard InChI is InChI=1S/C19H31N5/c20-17-19-5-11-22(12-6-19)9-4-10-23-15-16-24(18-23)14-13-21-7-2-1-3-8-21/h1-2,19H,3-16H2. The van der Waals surface area contributed by atoms with Crippen LogP contribution in [-0.2, 0) is 0 Å². The summed E-state index contributed by atoms with van der Waals surface area (Å²) in [5.74, 6) is 0.297. The van der Waals surface area contributed by atoms with E-state index < -0.39 is 0 Å². The molecule has 0 spiro atoms. The average Bonchev–Trinajstić information content (AvgIpc) is 3.09. The normalized spacial score (nSPS) is 25.3. The highest BCUT2D eigenvalue weighted by Crippen LogP contribution is 2.16. The van der Waals surface area contributed by atoms with Gasteiger partial charge in [-0.2, -0.15) is 5.26 Å². The smallest absolute Gasteiger partial charge is 0.146 e. The molecule has 5 nitrogen and oxygen atoms in total. The highest BCUT2D eigenvalue weighted by molar-refractivity contribution is 4.91. The number of hydrogen-bond acceptors (Lipinski definition) is 5. The lowest BCUT2D eigenvalue weighted by molar-refractivity contribution is 0.194.